The molecule has 0 aliphatic heterocycles. The number of hydrogen-bond donors (Lipinski definition) is 0. The summed E-state index contributed by atoms with van der Waals surface area (Å²) in [6, 6.07) is 6.37. The van der Waals surface area contributed by atoms with Crippen LogP contribution in [0.1, 0.15) is 5.56 Å². The second kappa shape index (κ2) is 3.61. The fourth-order valence-corrected chi connectivity index (χ4v) is 2.89. The van der Waals surface area contributed by atoms with E-state index in [-0.39, 0.29) is 0 Å². The average molecular weight is 237 g/mol. The summed E-state index contributed by atoms with van der Waals surface area (Å²) in [4.78, 5) is 0. The van der Waals surface area contributed by atoms with E-state index >= 15 is 0 Å². The van der Waals surface area contributed by atoms with Crippen molar-refractivity contribution in [3.05, 3.63) is 23.8 Å². The summed E-state index contributed by atoms with van der Waals surface area (Å²) in [5, 5.41) is 1.16. The molecule has 0 saturated carbocycles. The normalized spacial score (nSPS) is 12.0. The minimum absolute atomic E-state index is 0.817. The van der Waals surface area contributed by atoms with Gasteiger partial charge in [-0.1, -0.05) is 11.6 Å². The summed E-state index contributed by atoms with van der Waals surface area (Å²) >= 11 is 1.51. The van der Waals surface area contributed by atoms with Crippen LogP contribution in [0.2, 0.25) is 19.6 Å². The van der Waals surface area contributed by atoms with Crippen LogP contribution in [0, 0.1) is 6.92 Å². The van der Waals surface area contributed by atoms with Gasteiger partial charge in [0.2, 0.25) is 14.2 Å². The maximum absolute atomic E-state index is 5.95. The van der Waals surface area contributed by atoms with Crippen LogP contribution in [0.4, 0.5) is 0 Å². The Morgan fingerprint density at radius 3 is 2.67 bits per heavy atom. The first-order valence-electron chi connectivity index (χ1n) is 5.01. The highest BCUT2D eigenvalue weighted by atomic mass is 32.1. The molecule has 0 bridgehead atoms. The van der Waals surface area contributed by atoms with E-state index in [4.69, 9.17) is 4.43 Å². The molecule has 0 unspecified atom stereocenters. The van der Waals surface area contributed by atoms with Gasteiger partial charge < -0.3 is 4.43 Å². The Kier molecular flexibility index (Phi) is 2.56. The zero-order valence-corrected chi connectivity index (χ0v) is 11.3. The predicted molar refractivity (Wildman–Crippen MR) is 68.3 cm³/mol. The average Bonchev–Trinajstić information content (AvgIpc) is 2.46. The summed E-state index contributed by atoms with van der Waals surface area (Å²) in [5.41, 5.74) is 1.25. The Labute approximate surface area is 95.2 Å². The lowest BCUT2D eigenvalue weighted by Gasteiger charge is -2.16. The summed E-state index contributed by atoms with van der Waals surface area (Å²) in [5.74, 6) is 0.817. The van der Waals surface area contributed by atoms with Gasteiger partial charge in [0, 0.05) is 0 Å². The van der Waals surface area contributed by atoms with Crippen LogP contribution < -0.4 is 4.43 Å². The van der Waals surface area contributed by atoms with Gasteiger partial charge in [0.05, 0.1) is 10.1 Å². The molecule has 1 aromatic carbocycles. The third-order valence-corrected chi connectivity index (χ3v) is 3.61. The van der Waals surface area contributed by atoms with E-state index in [0.717, 1.165) is 11.3 Å². The van der Waals surface area contributed by atoms with Gasteiger partial charge >= 0.3 is 0 Å². The van der Waals surface area contributed by atoms with Crippen molar-refractivity contribution in [3.63, 3.8) is 0 Å². The van der Waals surface area contributed by atoms with Gasteiger partial charge in [0.25, 0.3) is 0 Å². The quantitative estimate of drug-likeness (QED) is 0.741. The van der Waals surface area contributed by atoms with E-state index in [1.54, 1.807) is 0 Å². The van der Waals surface area contributed by atoms with Gasteiger partial charge in [-0.3, -0.25) is 0 Å². The molecular weight excluding hydrogens is 222 g/mol. The molecule has 4 heteroatoms. The third-order valence-electron chi connectivity index (χ3n) is 2.00. The van der Waals surface area contributed by atoms with Gasteiger partial charge in [0.1, 0.15) is 0 Å². The maximum Gasteiger partial charge on any atom is 0.244 e. The van der Waals surface area contributed by atoms with Crippen molar-refractivity contribution in [2.24, 2.45) is 0 Å². The first kappa shape index (κ1) is 10.6. The molecule has 1 aromatic heterocycles. The lowest BCUT2D eigenvalue weighted by Crippen LogP contribution is -2.29. The maximum atomic E-state index is 5.95. The Bertz CT molecular complexity index is 487. The molecule has 0 aliphatic rings. The summed E-state index contributed by atoms with van der Waals surface area (Å²) in [6.45, 7) is 8.62. The van der Waals surface area contributed by atoms with E-state index in [1.165, 1.54) is 21.8 Å². The van der Waals surface area contributed by atoms with Gasteiger partial charge in [-0.25, -0.2) is 0 Å². The van der Waals surface area contributed by atoms with E-state index in [1.807, 2.05) is 0 Å². The van der Waals surface area contributed by atoms with Crippen LogP contribution in [0.15, 0.2) is 18.2 Å². The van der Waals surface area contributed by atoms with Crippen LogP contribution in [0.3, 0.4) is 0 Å². The molecule has 2 rings (SSSR count). The van der Waals surface area contributed by atoms with Crippen molar-refractivity contribution in [3.8, 4) is 5.88 Å². The van der Waals surface area contributed by atoms with Gasteiger partial charge in [-0.2, -0.15) is 4.37 Å². The number of aromatic nitrogens is 1. The van der Waals surface area contributed by atoms with Crippen molar-refractivity contribution < 1.29 is 4.43 Å². The fourth-order valence-electron chi connectivity index (χ4n) is 1.39. The molecule has 0 spiro atoms. The Morgan fingerprint density at radius 1 is 1.27 bits per heavy atom. The van der Waals surface area contributed by atoms with Gasteiger partial charge in [-0.15, -0.1) is 0 Å². The number of rotatable bonds is 2. The molecule has 80 valence electrons. The van der Waals surface area contributed by atoms with Crippen LogP contribution in [0.5, 0.6) is 5.88 Å². The van der Waals surface area contributed by atoms with E-state index in [2.05, 4.69) is 49.1 Å². The first-order valence-corrected chi connectivity index (χ1v) is 9.19. The summed E-state index contributed by atoms with van der Waals surface area (Å²) < 4.78 is 11.5. The number of nitrogens with zero attached hydrogens (tertiary/aromatic N) is 1. The van der Waals surface area contributed by atoms with Crippen LogP contribution >= 0.6 is 11.5 Å². The lowest BCUT2D eigenvalue weighted by atomic mass is 10.2. The fraction of sp³-hybridized carbons (Fsp3) is 0.364. The van der Waals surface area contributed by atoms with Crippen LogP contribution in [-0.4, -0.2) is 12.7 Å². The smallest absolute Gasteiger partial charge is 0.244 e. The van der Waals surface area contributed by atoms with Crippen molar-refractivity contribution in [1.82, 2.24) is 4.37 Å². The van der Waals surface area contributed by atoms with Gasteiger partial charge in [-0.05, 0) is 50.2 Å². The van der Waals surface area contributed by atoms with E-state index in [0.29, 0.717) is 0 Å². The van der Waals surface area contributed by atoms with Gasteiger partial charge in [0.15, 0.2) is 0 Å². The molecule has 1 heterocycles. The first-order chi connectivity index (χ1) is 6.96. The lowest BCUT2D eigenvalue weighted by molar-refractivity contribution is 0.548. The molecule has 2 aromatic rings. The van der Waals surface area contributed by atoms with Crippen molar-refractivity contribution >= 4 is 29.9 Å². The summed E-state index contributed by atoms with van der Waals surface area (Å²) in [6.07, 6.45) is 0. The zero-order valence-electron chi connectivity index (χ0n) is 9.50. The number of fused-ring (bicyclic) bond motifs is 1. The topological polar surface area (TPSA) is 22.1 Å². The molecule has 15 heavy (non-hydrogen) atoms. The molecule has 0 aliphatic carbocycles. The Hall–Kier alpha value is -0.873. The molecule has 0 fully saturated rings. The number of benzene rings is 1. The second-order valence-electron chi connectivity index (χ2n) is 4.70. The molecule has 0 atom stereocenters. The van der Waals surface area contributed by atoms with Crippen LogP contribution in [0.25, 0.3) is 10.1 Å². The van der Waals surface area contributed by atoms with Crippen LogP contribution in [-0.2, 0) is 0 Å². The largest absolute Gasteiger partial charge is 0.530 e. The van der Waals surface area contributed by atoms with E-state index < -0.39 is 8.32 Å². The Morgan fingerprint density at radius 2 is 2.00 bits per heavy atom. The minimum atomic E-state index is -1.55. The molecule has 2 nitrogen and oxygen atoms in total. The molecule has 0 radical (unpaired) electrons. The Balaban J connectivity index is 2.48. The summed E-state index contributed by atoms with van der Waals surface area (Å²) in [7, 11) is -1.55. The molecule has 0 amide bonds. The standard InChI is InChI=1S/C11H15NOSSi/c1-8-5-6-10-9(7-8)11(12-14-10)13-15(2,3)4/h5-7H,1-4H3. The molecule has 0 N–H and O–H groups in total. The van der Waals surface area contributed by atoms with E-state index in [9.17, 15) is 0 Å². The second-order valence-corrected chi connectivity index (χ2v) is 9.94. The number of hydrogen-bond acceptors (Lipinski definition) is 3. The number of aryl methyl sites for hydroxylation is 1. The molecule has 0 saturated heterocycles. The highest BCUT2D eigenvalue weighted by Crippen LogP contribution is 2.30. The zero-order chi connectivity index (χ0) is 11.1. The van der Waals surface area contributed by atoms with Crippen molar-refractivity contribution in [1.29, 1.82) is 0 Å². The third kappa shape index (κ3) is 2.38. The highest BCUT2D eigenvalue weighted by Gasteiger charge is 2.19. The SMILES string of the molecule is Cc1ccc2snc(O[Si](C)(C)C)c2c1. The minimum Gasteiger partial charge on any atom is -0.530 e. The highest BCUT2D eigenvalue weighted by molar-refractivity contribution is 7.13. The predicted octanol–water partition coefficient (Wildman–Crippen LogP) is 3.82. The van der Waals surface area contributed by atoms with Crippen molar-refractivity contribution in [2.75, 3.05) is 0 Å². The molecular formula is C11H15NOSSi. The van der Waals surface area contributed by atoms with Crippen molar-refractivity contribution in [2.45, 2.75) is 26.6 Å². The monoisotopic (exact) mass is 237 g/mol.